The Morgan fingerprint density at radius 2 is 1.77 bits per heavy atom. The summed E-state index contributed by atoms with van der Waals surface area (Å²) in [5, 5.41) is 3.68. The molecule has 0 radical (unpaired) electrons. The molecule has 0 N–H and O–H groups in total. The van der Waals surface area contributed by atoms with Crippen LogP contribution in [0.4, 0.5) is 0 Å². The molecule has 0 aliphatic heterocycles. The highest BCUT2D eigenvalue weighted by Crippen LogP contribution is 2.31. The summed E-state index contributed by atoms with van der Waals surface area (Å²) in [6.45, 7) is 2.32. The van der Waals surface area contributed by atoms with Crippen LogP contribution in [0.15, 0.2) is 59.0 Å². The maximum Gasteiger partial charge on any atom is 0.263 e. The smallest absolute Gasteiger partial charge is 0.263 e. The minimum atomic E-state index is -0.0946. The van der Waals surface area contributed by atoms with E-state index in [-0.39, 0.29) is 12.1 Å². The van der Waals surface area contributed by atoms with E-state index in [2.05, 4.69) is 4.98 Å². The normalized spacial score (nSPS) is 11.2. The van der Waals surface area contributed by atoms with Gasteiger partial charge in [-0.05, 0) is 24.6 Å². The van der Waals surface area contributed by atoms with Gasteiger partial charge >= 0.3 is 0 Å². The van der Waals surface area contributed by atoms with Gasteiger partial charge in [0.25, 0.3) is 5.56 Å². The average Bonchev–Trinajstić information content (AvgIpc) is 3.05. The molecule has 0 aliphatic rings. The Bertz CT molecular complexity index is 1140. The molecule has 4 aromatic rings. The molecule has 0 saturated carbocycles. The van der Waals surface area contributed by atoms with Gasteiger partial charge in [0.05, 0.1) is 18.3 Å². The summed E-state index contributed by atoms with van der Waals surface area (Å²) < 4.78 is 1.56. The molecule has 2 aromatic heterocycles. The van der Waals surface area contributed by atoms with Gasteiger partial charge in [-0.1, -0.05) is 59.1 Å². The summed E-state index contributed by atoms with van der Waals surface area (Å²) in [6.07, 6.45) is 1.56. The van der Waals surface area contributed by atoms with Crippen molar-refractivity contribution in [1.82, 2.24) is 9.55 Å². The van der Waals surface area contributed by atoms with Crippen LogP contribution in [0.2, 0.25) is 10.0 Å². The molecular formula is C20H14Cl2N2OS. The van der Waals surface area contributed by atoms with Gasteiger partial charge in [0.15, 0.2) is 0 Å². The Kier molecular flexibility index (Phi) is 4.57. The van der Waals surface area contributed by atoms with E-state index in [0.717, 1.165) is 16.0 Å². The van der Waals surface area contributed by atoms with Crippen LogP contribution < -0.4 is 5.56 Å². The molecule has 0 saturated heterocycles. The largest absolute Gasteiger partial charge is 0.294 e. The Labute approximate surface area is 164 Å². The number of hydrogen-bond acceptors (Lipinski definition) is 3. The van der Waals surface area contributed by atoms with E-state index in [9.17, 15) is 4.79 Å². The summed E-state index contributed by atoms with van der Waals surface area (Å²) in [5.74, 6) is 0. The molecule has 0 spiro atoms. The van der Waals surface area contributed by atoms with Crippen molar-refractivity contribution in [3.05, 3.63) is 85.7 Å². The Balaban J connectivity index is 1.86. The molecule has 0 atom stereocenters. The van der Waals surface area contributed by atoms with Gasteiger partial charge in [-0.25, -0.2) is 4.98 Å². The van der Waals surface area contributed by atoms with Gasteiger partial charge in [0.2, 0.25) is 0 Å². The summed E-state index contributed by atoms with van der Waals surface area (Å²) in [6, 6.07) is 13.4. The fourth-order valence-corrected chi connectivity index (χ4v) is 4.30. The van der Waals surface area contributed by atoms with Gasteiger partial charge < -0.3 is 0 Å². The van der Waals surface area contributed by atoms with E-state index in [1.807, 2.05) is 36.6 Å². The van der Waals surface area contributed by atoms with Crippen LogP contribution in [-0.2, 0) is 6.54 Å². The number of hydrogen-bond donors (Lipinski definition) is 0. The van der Waals surface area contributed by atoms with E-state index in [1.54, 1.807) is 29.1 Å². The lowest BCUT2D eigenvalue weighted by Gasteiger charge is -2.09. The lowest BCUT2D eigenvalue weighted by Crippen LogP contribution is -2.21. The molecule has 0 unspecified atom stereocenters. The van der Waals surface area contributed by atoms with Crippen LogP contribution in [0.3, 0.4) is 0 Å². The Morgan fingerprint density at radius 1 is 1.08 bits per heavy atom. The molecule has 2 aromatic carbocycles. The van der Waals surface area contributed by atoms with E-state index in [4.69, 9.17) is 23.2 Å². The molecule has 0 amide bonds. The van der Waals surface area contributed by atoms with Crippen LogP contribution in [0.25, 0.3) is 21.3 Å². The van der Waals surface area contributed by atoms with Crippen molar-refractivity contribution < 1.29 is 0 Å². The number of thiophene rings is 1. The summed E-state index contributed by atoms with van der Waals surface area (Å²) in [4.78, 5) is 18.3. The van der Waals surface area contributed by atoms with Gasteiger partial charge in [0, 0.05) is 26.6 Å². The topological polar surface area (TPSA) is 34.9 Å². The lowest BCUT2D eigenvalue weighted by molar-refractivity contribution is 0.750. The van der Waals surface area contributed by atoms with Crippen LogP contribution in [0.5, 0.6) is 0 Å². The number of halogens is 2. The highest BCUT2D eigenvalue weighted by molar-refractivity contribution is 7.17. The van der Waals surface area contributed by atoms with Gasteiger partial charge in [-0.3, -0.25) is 9.36 Å². The van der Waals surface area contributed by atoms with Crippen molar-refractivity contribution >= 4 is 44.8 Å². The van der Waals surface area contributed by atoms with Gasteiger partial charge in [0.1, 0.15) is 4.83 Å². The summed E-state index contributed by atoms with van der Waals surface area (Å²) in [7, 11) is 0. The molecule has 4 rings (SSSR count). The first kappa shape index (κ1) is 17.3. The van der Waals surface area contributed by atoms with Crippen molar-refractivity contribution in [2.75, 3.05) is 0 Å². The number of aryl methyl sites for hydroxylation is 1. The third-order valence-corrected chi connectivity index (χ3v) is 5.91. The highest BCUT2D eigenvalue weighted by Gasteiger charge is 2.15. The first-order chi connectivity index (χ1) is 12.5. The molecule has 0 aliphatic carbocycles. The maximum absolute atomic E-state index is 13.1. The second-order valence-electron chi connectivity index (χ2n) is 6.07. The van der Waals surface area contributed by atoms with E-state index >= 15 is 0 Å². The molecule has 2 heterocycles. The average molecular weight is 401 g/mol. The minimum absolute atomic E-state index is 0.0946. The van der Waals surface area contributed by atoms with Crippen LogP contribution >= 0.6 is 34.5 Å². The highest BCUT2D eigenvalue weighted by atomic mass is 35.5. The number of benzene rings is 2. The fourth-order valence-electron chi connectivity index (χ4n) is 2.88. The zero-order valence-corrected chi connectivity index (χ0v) is 16.2. The number of aromatic nitrogens is 2. The van der Waals surface area contributed by atoms with Crippen LogP contribution in [-0.4, -0.2) is 9.55 Å². The fraction of sp³-hybridized carbons (Fsp3) is 0.100. The Hall–Kier alpha value is -2.14. The quantitative estimate of drug-likeness (QED) is 0.436. The molecule has 3 nitrogen and oxygen atoms in total. The van der Waals surface area contributed by atoms with Crippen LogP contribution in [0, 0.1) is 6.92 Å². The lowest BCUT2D eigenvalue weighted by atomic mass is 10.1. The van der Waals surface area contributed by atoms with Crippen molar-refractivity contribution in [1.29, 1.82) is 0 Å². The first-order valence-corrected chi connectivity index (χ1v) is 9.64. The molecule has 26 heavy (non-hydrogen) atoms. The maximum atomic E-state index is 13.1. The molecule has 130 valence electrons. The van der Waals surface area contributed by atoms with E-state index in [0.29, 0.717) is 21.0 Å². The first-order valence-electron chi connectivity index (χ1n) is 8.01. The molecule has 6 heteroatoms. The van der Waals surface area contributed by atoms with Crippen molar-refractivity contribution in [3.8, 4) is 11.1 Å². The number of rotatable bonds is 3. The zero-order valence-electron chi connectivity index (χ0n) is 13.9. The van der Waals surface area contributed by atoms with Crippen molar-refractivity contribution in [2.24, 2.45) is 0 Å². The third-order valence-electron chi connectivity index (χ3n) is 4.31. The second kappa shape index (κ2) is 6.88. The number of fused-ring (bicyclic) bond motifs is 1. The zero-order chi connectivity index (χ0) is 18.3. The predicted molar refractivity (Wildman–Crippen MR) is 110 cm³/mol. The minimum Gasteiger partial charge on any atom is -0.294 e. The second-order valence-corrected chi connectivity index (χ2v) is 7.75. The van der Waals surface area contributed by atoms with Gasteiger partial charge in [-0.2, -0.15) is 0 Å². The standard InChI is InChI=1S/C20H14Cl2N2OS/c1-12-5-7-13(8-6-12)15-10-26-19-18(15)20(25)24(11-23-19)9-14-16(21)3-2-4-17(14)22/h2-8,10-11H,9H2,1H3. The predicted octanol–water partition coefficient (Wildman–Crippen LogP) is 5.79. The Morgan fingerprint density at radius 3 is 2.46 bits per heavy atom. The summed E-state index contributed by atoms with van der Waals surface area (Å²) in [5.41, 5.74) is 3.71. The molecule has 0 bridgehead atoms. The van der Waals surface area contributed by atoms with Crippen LogP contribution in [0.1, 0.15) is 11.1 Å². The monoisotopic (exact) mass is 400 g/mol. The van der Waals surface area contributed by atoms with Crippen molar-refractivity contribution in [3.63, 3.8) is 0 Å². The summed E-state index contributed by atoms with van der Waals surface area (Å²) >= 11 is 14.0. The number of nitrogens with zero attached hydrogens (tertiary/aromatic N) is 2. The van der Waals surface area contributed by atoms with E-state index < -0.39 is 0 Å². The molecular weight excluding hydrogens is 387 g/mol. The SMILES string of the molecule is Cc1ccc(-c2csc3ncn(Cc4c(Cl)cccc4Cl)c(=O)c23)cc1. The van der Waals surface area contributed by atoms with Gasteiger partial charge in [-0.15, -0.1) is 11.3 Å². The molecule has 0 fully saturated rings. The van der Waals surface area contributed by atoms with E-state index in [1.165, 1.54) is 16.9 Å². The third kappa shape index (κ3) is 3.05. The van der Waals surface area contributed by atoms with Crippen molar-refractivity contribution in [2.45, 2.75) is 13.5 Å².